The van der Waals surface area contributed by atoms with Gasteiger partial charge in [0.05, 0.1) is 12.7 Å². The molecule has 0 spiro atoms. The lowest BCUT2D eigenvalue weighted by Crippen LogP contribution is -2.34. The Morgan fingerprint density at radius 1 is 1.21 bits per heavy atom. The fraction of sp³-hybridized carbons (Fsp3) is 0.571. The molecule has 2 unspecified atom stereocenters. The van der Waals surface area contributed by atoms with E-state index >= 15 is 0 Å². The highest BCUT2D eigenvalue weighted by atomic mass is 32.2. The van der Waals surface area contributed by atoms with E-state index in [9.17, 15) is 13.9 Å². The Bertz CT molecular complexity index is 471. The Labute approximate surface area is 115 Å². The Morgan fingerprint density at radius 2 is 1.74 bits per heavy atom. The molecule has 2 atom stereocenters. The van der Waals surface area contributed by atoms with E-state index in [2.05, 4.69) is 4.74 Å². The minimum absolute atomic E-state index is 0.334. The molecule has 0 saturated carbocycles. The van der Waals surface area contributed by atoms with Gasteiger partial charge in [-0.3, -0.25) is 0 Å². The zero-order valence-corrected chi connectivity index (χ0v) is 11.5. The summed E-state index contributed by atoms with van der Waals surface area (Å²) in [6.45, 7) is 0. The highest BCUT2D eigenvalue weighted by Crippen LogP contribution is 2.51. The Balaban J connectivity index is 1.97. The first-order valence-corrected chi connectivity index (χ1v) is 7.37. The number of benzene rings is 1. The molecule has 19 heavy (non-hydrogen) atoms. The maximum atomic E-state index is 13.8. The third kappa shape index (κ3) is 2.23. The van der Waals surface area contributed by atoms with Crippen LogP contribution in [0.5, 0.6) is 5.75 Å². The van der Waals surface area contributed by atoms with E-state index in [1.807, 2.05) is 11.8 Å². The first-order valence-electron chi connectivity index (χ1n) is 6.43. The van der Waals surface area contributed by atoms with Gasteiger partial charge in [-0.15, -0.1) is 0 Å². The van der Waals surface area contributed by atoms with Gasteiger partial charge in [0.15, 0.2) is 17.4 Å². The third-order valence-electron chi connectivity index (χ3n) is 4.07. The van der Waals surface area contributed by atoms with E-state index in [0.29, 0.717) is 28.9 Å². The fourth-order valence-corrected chi connectivity index (χ4v) is 5.01. The lowest BCUT2D eigenvalue weighted by atomic mass is 9.85. The largest absolute Gasteiger partial charge is 0.491 e. The van der Waals surface area contributed by atoms with Crippen molar-refractivity contribution < 1.29 is 18.6 Å². The molecule has 0 amide bonds. The molecule has 5 heteroatoms. The maximum absolute atomic E-state index is 13.8. The van der Waals surface area contributed by atoms with Crippen LogP contribution in [0, 0.1) is 11.6 Å². The van der Waals surface area contributed by atoms with Crippen molar-refractivity contribution in [2.75, 3.05) is 7.11 Å². The van der Waals surface area contributed by atoms with Gasteiger partial charge in [-0.05, 0) is 43.4 Å². The van der Waals surface area contributed by atoms with Crippen molar-refractivity contribution in [2.24, 2.45) is 0 Å². The Morgan fingerprint density at radius 3 is 2.21 bits per heavy atom. The van der Waals surface area contributed by atoms with Crippen LogP contribution in [0.1, 0.15) is 31.2 Å². The molecule has 1 aromatic rings. The number of halogens is 2. The smallest absolute Gasteiger partial charge is 0.190 e. The summed E-state index contributed by atoms with van der Waals surface area (Å²) in [6.07, 6.45) is 3.30. The van der Waals surface area contributed by atoms with Gasteiger partial charge in [-0.25, -0.2) is 8.78 Å². The number of fused-ring (bicyclic) bond motifs is 2. The summed E-state index contributed by atoms with van der Waals surface area (Å²) in [5.74, 6) is -1.89. The molecule has 2 fully saturated rings. The van der Waals surface area contributed by atoms with Gasteiger partial charge in [0.2, 0.25) is 0 Å². The number of rotatable bonds is 2. The van der Waals surface area contributed by atoms with Gasteiger partial charge in [0.1, 0.15) is 0 Å². The molecule has 1 aromatic carbocycles. The van der Waals surface area contributed by atoms with Gasteiger partial charge in [-0.2, -0.15) is 11.8 Å². The van der Waals surface area contributed by atoms with Crippen molar-refractivity contribution in [3.8, 4) is 5.75 Å². The van der Waals surface area contributed by atoms with E-state index in [1.165, 1.54) is 19.2 Å². The number of hydrogen-bond acceptors (Lipinski definition) is 3. The van der Waals surface area contributed by atoms with Gasteiger partial charge >= 0.3 is 0 Å². The van der Waals surface area contributed by atoms with Crippen molar-refractivity contribution in [1.29, 1.82) is 0 Å². The Hall–Kier alpha value is -0.810. The first-order chi connectivity index (χ1) is 9.01. The van der Waals surface area contributed by atoms with E-state index in [0.717, 1.165) is 12.8 Å². The molecular weight excluding hydrogens is 270 g/mol. The molecule has 104 valence electrons. The molecule has 2 aliphatic heterocycles. The summed E-state index contributed by atoms with van der Waals surface area (Å²) >= 11 is 1.89. The summed E-state index contributed by atoms with van der Waals surface area (Å²) in [6, 6.07) is 2.41. The standard InChI is InChI=1S/C14H16F2O2S/c1-18-13-11(15)4-8(5-12(13)16)14(17)6-9-2-3-10(7-14)19-9/h4-5,9-10,17H,2-3,6-7H2,1H3. The minimum Gasteiger partial charge on any atom is -0.491 e. The summed E-state index contributed by atoms with van der Waals surface area (Å²) in [5, 5.41) is 11.5. The van der Waals surface area contributed by atoms with Crippen molar-refractivity contribution in [2.45, 2.75) is 41.8 Å². The van der Waals surface area contributed by atoms with Crippen molar-refractivity contribution in [3.05, 3.63) is 29.3 Å². The van der Waals surface area contributed by atoms with Crippen LogP contribution < -0.4 is 4.74 Å². The summed E-state index contributed by atoms with van der Waals surface area (Å²) < 4.78 is 32.2. The average molecular weight is 286 g/mol. The van der Waals surface area contributed by atoms with Crippen LogP contribution in [0.15, 0.2) is 12.1 Å². The highest BCUT2D eigenvalue weighted by Gasteiger charge is 2.44. The normalized spacial score (nSPS) is 33.5. The quantitative estimate of drug-likeness (QED) is 0.905. The van der Waals surface area contributed by atoms with E-state index in [4.69, 9.17) is 0 Å². The molecule has 2 saturated heterocycles. The van der Waals surface area contributed by atoms with Crippen LogP contribution in [-0.4, -0.2) is 22.7 Å². The predicted molar refractivity (Wildman–Crippen MR) is 70.4 cm³/mol. The van der Waals surface area contributed by atoms with E-state index < -0.39 is 17.2 Å². The minimum atomic E-state index is -1.11. The van der Waals surface area contributed by atoms with Gasteiger partial charge in [0.25, 0.3) is 0 Å². The average Bonchev–Trinajstić information content (AvgIpc) is 2.69. The molecule has 0 radical (unpaired) electrons. The summed E-state index contributed by atoms with van der Waals surface area (Å²) in [5.41, 5.74) is -0.772. The molecule has 2 heterocycles. The lowest BCUT2D eigenvalue weighted by Gasteiger charge is -2.36. The monoisotopic (exact) mass is 286 g/mol. The molecule has 0 aliphatic carbocycles. The van der Waals surface area contributed by atoms with Gasteiger partial charge < -0.3 is 9.84 Å². The zero-order chi connectivity index (χ0) is 13.6. The molecule has 1 N–H and O–H groups in total. The SMILES string of the molecule is COc1c(F)cc(C2(O)CC3CCC(C2)S3)cc1F. The second-order valence-electron chi connectivity index (χ2n) is 5.37. The third-order valence-corrected chi connectivity index (χ3v) is 5.64. The van der Waals surface area contributed by atoms with Crippen molar-refractivity contribution in [1.82, 2.24) is 0 Å². The number of aliphatic hydroxyl groups is 1. The van der Waals surface area contributed by atoms with Crippen LogP contribution in [0.25, 0.3) is 0 Å². The number of thioether (sulfide) groups is 1. The lowest BCUT2D eigenvalue weighted by molar-refractivity contribution is 0.0189. The van der Waals surface area contributed by atoms with Crippen LogP contribution in [-0.2, 0) is 5.60 Å². The maximum Gasteiger partial charge on any atom is 0.190 e. The van der Waals surface area contributed by atoms with Crippen LogP contribution in [0.4, 0.5) is 8.78 Å². The second-order valence-corrected chi connectivity index (χ2v) is 6.98. The van der Waals surface area contributed by atoms with Gasteiger partial charge in [-0.1, -0.05) is 0 Å². The Kier molecular flexibility index (Phi) is 3.21. The molecule has 0 aromatic heterocycles. The molecule has 2 aliphatic rings. The summed E-state index contributed by atoms with van der Waals surface area (Å²) in [4.78, 5) is 0. The molecule has 3 rings (SSSR count). The zero-order valence-electron chi connectivity index (χ0n) is 10.7. The highest BCUT2D eigenvalue weighted by molar-refractivity contribution is 8.00. The van der Waals surface area contributed by atoms with Crippen LogP contribution in [0.3, 0.4) is 0 Å². The van der Waals surface area contributed by atoms with Gasteiger partial charge in [0, 0.05) is 10.5 Å². The van der Waals surface area contributed by atoms with E-state index in [1.54, 1.807) is 0 Å². The van der Waals surface area contributed by atoms with Crippen molar-refractivity contribution >= 4 is 11.8 Å². The summed E-state index contributed by atoms with van der Waals surface area (Å²) in [7, 11) is 1.23. The van der Waals surface area contributed by atoms with E-state index in [-0.39, 0.29) is 5.75 Å². The number of ether oxygens (including phenoxy) is 1. The van der Waals surface area contributed by atoms with Crippen LogP contribution >= 0.6 is 11.8 Å². The van der Waals surface area contributed by atoms with Crippen molar-refractivity contribution in [3.63, 3.8) is 0 Å². The molecular formula is C14H16F2O2S. The molecule has 2 nitrogen and oxygen atoms in total. The second kappa shape index (κ2) is 4.63. The first kappa shape index (κ1) is 13.2. The molecule has 2 bridgehead atoms. The van der Waals surface area contributed by atoms with Crippen LogP contribution in [0.2, 0.25) is 0 Å². The number of methoxy groups -OCH3 is 1. The topological polar surface area (TPSA) is 29.5 Å². The predicted octanol–water partition coefficient (Wildman–Crippen LogP) is 3.22. The fourth-order valence-electron chi connectivity index (χ4n) is 3.18. The number of hydrogen-bond donors (Lipinski definition) is 1.